The minimum absolute atomic E-state index is 0.250. The molecule has 0 radical (unpaired) electrons. The second-order valence-corrected chi connectivity index (χ2v) is 5.42. The van der Waals surface area contributed by atoms with E-state index in [4.69, 9.17) is 9.47 Å². The normalized spacial score (nSPS) is 11.0. The van der Waals surface area contributed by atoms with E-state index in [0.29, 0.717) is 6.61 Å². The van der Waals surface area contributed by atoms with Gasteiger partial charge < -0.3 is 9.47 Å². The van der Waals surface area contributed by atoms with Gasteiger partial charge >= 0.3 is 5.97 Å². The van der Waals surface area contributed by atoms with Crippen LogP contribution in [0.3, 0.4) is 0 Å². The summed E-state index contributed by atoms with van der Waals surface area (Å²) < 4.78 is 10.6. The van der Waals surface area contributed by atoms with Crippen molar-refractivity contribution >= 4 is 5.97 Å². The predicted molar refractivity (Wildman–Crippen MR) is 82.3 cm³/mol. The average molecular weight is 284 g/mol. The number of methoxy groups -OCH3 is 1. The minimum Gasteiger partial charge on any atom is -0.489 e. The van der Waals surface area contributed by atoms with Crippen molar-refractivity contribution in [3.05, 3.63) is 65.7 Å². The third kappa shape index (κ3) is 3.63. The molecule has 0 spiro atoms. The van der Waals surface area contributed by atoms with Gasteiger partial charge in [-0.05, 0) is 37.1 Å². The van der Waals surface area contributed by atoms with Gasteiger partial charge in [0.1, 0.15) is 12.4 Å². The average Bonchev–Trinajstić information content (AvgIpc) is 2.53. The summed E-state index contributed by atoms with van der Waals surface area (Å²) in [4.78, 5) is 11.8. The van der Waals surface area contributed by atoms with Crippen LogP contribution in [-0.4, -0.2) is 13.1 Å². The molecule has 3 heteroatoms. The first kappa shape index (κ1) is 15.1. The van der Waals surface area contributed by atoms with E-state index in [1.807, 2.05) is 68.4 Å². The van der Waals surface area contributed by atoms with Gasteiger partial charge in [-0.15, -0.1) is 0 Å². The van der Waals surface area contributed by atoms with Gasteiger partial charge in [0, 0.05) is 0 Å². The molecule has 0 heterocycles. The standard InChI is InChI=1S/C18H20O3/c1-18(2,17(19)20-3)15-9-11-16(12-10-15)21-13-14-7-5-4-6-8-14/h4-12H,13H2,1-3H3. The first-order valence-corrected chi connectivity index (χ1v) is 6.89. The zero-order valence-electron chi connectivity index (χ0n) is 12.6. The van der Waals surface area contributed by atoms with Crippen LogP contribution in [0.15, 0.2) is 54.6 Å². The molecular weight excluding hydrogens is 264 g/mol. The van der Waals surface area contributed by atoms with Gasteiger partial charge in [-0.25, -0.2) is 0 Å². The Balaban J connectivity index is 2.04. The fraction of sp³-hybridized carbons (Fsp3) is 0.278. The molecule has 2 rings (SSSR count). The Morgan fingerprint density at radius 1 is 1.00 bits per heavy atom. The Morgan fingerprint density at radius 2 is 1.62 bits per heavy atom. The van der Waals surface area contributed by atoms with E-state index < -0.39 is 5.41 Å². The molecule has 0 aliphatic rings. The first-order chi connectivity index (χ1) is 10.0. The Bertz CT molecular complexity index is 586. The lowest BCUT2D eigenvalue weighted by Crippen LogP contribution is -2.30. The van der Waals surface area contributed by atoms with Crippen molar-refractivity contribution in [3.8, 4) is 5.75 Å². The number of rotatable bonds is 5. The SMILES string of the molecule is COC(=O)C(C)(C)c1ccc(OCc2ccccc2)cc1. The molecule has 2 aromatic carbocycles. The summed E-state index contributed by atoms with van der Waals surface area (Å²) in [6, 6.07) is 17.6. The molecular formula is C18H20O3. The van der Waals surface area contributed by atoms with Crippen LogP contribution in [0.4, 0.5) is 0 Å². The molecule has 0 fully saturated rings. The minimum atomic E-state index is -0.660. The van der Waals surface area contributed by atoms with Crippen LogP contribution in [-0.2, 0) is 21.6 Å². The number of ether oxygens (including phenoxy) is 2. The Hall–Kier alpha value is -2.29. The maximum absolute atomic E-state index is 11.8. The molecule has 0 unspecified atom stereocenters. The number of carbonyl (C=O) groups is 1. The summed E-state index contributed by atoms with van der Waals surface area (Å²) in [5, 5.41) is 0. The van der Waals surface area contributed by atoms with Gasteiger partial charge in [-0.3, -0.25) is 4.79 Å². The lowest BCUT2D eigenvalue weighted by atomic mass is 9.85. The molecule has 0 aromatic heterocycles. The highest BCUT2D eigenvalue weighted by Gasteiger charge is 2.30. The van der Waals surface area contributed by atoms with Crippen molar-refractivity contribution in [1.29, 1.82) is 0 Å². The van der Waals surface area contributed by atoms with Gasteiger partial charge in [0.05, 0.1) is 12.5 Å². The Labute approximate surface area is 125 Å². The Kier molecular flexibility index (Phi) is 4.63. The van der Waals surface area contributed by atoms with Crippen LogP contribution in [0.25, 0.3) is 0 Å². The van der Waals surface area contributed by atoms with E-state index in [1.165, 1.54) is 7.11 Å². The van der Waals surface area contributed by atoms with Crippen LogP contribution in [0.2, 0.25) is 0 Å². The van der Waals surface area contributed by atoms with Crippen molar-refractivity contribution in [2.24, 2.45) is 0 Å². The van der Waals surface area contributed by atoms with Gasteiger partial charge in [-0.2, -0.15) is 0 Å². The van der Waals surface area contributed by atoms with E-state index >= 15 is 0 Å². The highest BCUT2D eigenvalue weighted by atomic mass is 16.5. The summed E-state index contributed by atoms with van der Waals surface area (Å²) >= 11 is 0. The zero-order valence-corrected chi connectivity index (χ0v) is 12.6. The number of carbonyl (C=O) groups excluding carboxylic acids is 1. The van der Waals surface area contributed by atoms with Crippen molar-refractivity contribution in [1.82, 2.24) is 0 Å². The largest absolute Gasteiger partial charge is 0.489 e. The number of hydrogen-bond acceptors (Lipinski definition) is 3. The molecule has 0 amide bonds. The van der Waals surface area contributed by atoms with Crippen LogP contribution >= 0.6 is 0 Å². The molecule has 0 atom stereocenters. The quantitative estimate of drug-likeness (QED) is 0.785. The van der Waals surface area contributed by atoms with E-state index in [9.17, 15) is 4.79 Å². The second-order valence-electron chi connectivity index (χ2n) is 5.42. The van der Waals surface area contributed by atoms with Crippen molar-refractivity contribution in [2.75, 3.05) is 7.11 Å². The third-order valence-electron chi connectivity index (χ3n) is 3.52. The summed E-state index contributed by atoms with van der Waals surface area (Å²) in [6.45, 7) is 4.22. The highest BCUT2D eigenvalue weighted by molar-refractivity contribution is 5.82. The predicted octanol–water partition coefficient (Wildman–Crippen LogP) is 3.72. The summed E-state index contributed by atoms with van der Waals surface area (Å²) in [7, 11) is 1.40. The topological polar surface area (TPSA) is 35.5 Å². The summed E-state index contributed by atoms with van der Waals surface area (Å²) in [5.74, 6) is 0.531. The highest BCUT2D eigenvalue weighted by Crippen LogP contribution is 2.26. The molecule has 0 aliphatic heterocycles. The molecule has 0 aliphatic carbocycles. The van der Waals surface area contributed by atoms with Crippen LogP contribution in [0.1, 0.15) is 25.0 Å². The first-order valence-electron chi connectivity index (χ1n) is 6.89. The van der Waals surface area contributed by atoms with Gasteiger partial charge in [0.25, 0.3) is 0 Å². The van der Waals surface area contributed by atoms with E-state index in [0.717, 1.165) is 16.9 Å². The number of esters is 1. The molecule has 110 valence electrons. The van der Waals surface area contributed by atoms with Gasteiger partial charge in [-0.1, -0.05) is 42.5 Å². The van der Waals surface area contributed by atoms with Crippen molar-refractivity contribution < 1.29 is 14.3 Å². The number of benzene rings is 2. The molecule has 2 aromatic rings. The Morgan fingerprint density at radius 3 is 2.19 bits per heavy atom. The molecule has 0 N–H and O–H groups in total. The molecule has 3 nitrogen and oxygen atoms in total. The summed E-state index contributed by atoms with van der Waals surface area (Å²) in [6.07, 6.45) is 0. The fourth-order valence-electron chi connectivity index (χ4n) is 2.08. The van der Waals surface area contributed by atoms with Crippen molar-refractivity contribution in [3.63, 3.8) is 0 Å². The second kappa shape index (κ2) is 6.44. The van der Waals surface area contributed by atoms with Crippen LogP contribution in [0.5, 0.6) is 5.75 Å². The van der Waals surface area contributed by atoms with Crippen molar-refractivity contribution in [2.45, 2.75) is 25.9 Å². The van der Waals surface area contributed by atoms with E-state index in [-0.39, 0.29) is 5.97 Å². The zero-order chi connectivity index (χ0) is 15.3. The summed E-state index contributed by atoms with van der Waals surface area (Å²) in [5.41, 5.74) is 1.37. The maximum Gasteiger partial charge on any atom is 0.315 e. The molecule has 0 saturated heterocycles. The van der Waals surface area contributed by atoms with E-state index in [2.05, 4.69) is 0 Å². The van der Waals surface area contributed by atoms with Gasteiger partial charge in [0.15, 0.2) is 0 Å². The lowest BCUT2D eigenvalue weighted by Gasteiger charge is -2.22. The lowest BCUT2D eigenvalue weighted by molar-refractivity contribution is -0.146. The fourth-order valence-corrected chi connectivity index (χ4v) is 2.08. The maximum atomic E-state index is 11.8. The molecule has 0 saturated carbocycles. The smallest absolute Gasteiger partial charge is 0.315 e. The van der Waals surface area contributed by atoms with Crippen LogP contribution < -0.4 is 4.74 Å². The number of hydrogen-bond donors (Lipinski definition) is 0. The molecule has 21 heavy (non-hydrogen) atoms. The third-order valence-corrected chi connectivity index (χ3v) is 3.52. The van der Waals surface area contributed by atoms with E-state index in [1.54, 1.807) is 0 Å². The van der Waals surface area contributed by atoms with Gasteiger partial charge in [0.2, 0.25) is 0 Å². The van der Waals surface area contributed by atoms with Crippen LogP contribution in [0, 0.1) is 0 Å². The molecule has 0 bridgehead atoms. The monoisotopic (exact) mass is 284 g/mol.